The number of Topliss-reactive ketones (excluding diaryl/α,β-unsaturated/α-hetero) is 1. The first kappa shape index (κ1) is 25.5. The van der Waals surface area contributed by atoms with Crippen molar-refractivity contribution in [3.8, 4) is 0 Å². The molecule has 0 bridgehead atoms. The number of aliphatic hydroxyl groups excluding tert-OH is 1. The second kappa shape index (κ2) is 11.2. The molecule has 1 aliphatic heterocycles. The number of hydrogen-bond acceptors (Lipinski definition) is 6. The molecule has 0 aliphatic carbocycles. The Morgan fingerprint density at radius 1 is 1.34 bits per heavy atom. The lowest BCUT2D eigenvalue weighted by atomic mass is 10.1. The minimum Gasteiger partial charge on any atom is -1.00 e. The molecule has 0 radical (unpaired) electrons. The third kappa shape index (κ3) is 6.15. The zero-order valence-corrected chi connectivity index (χ0v) is 19.2. The predicted molar refractivity (Wildman–Crippen MR) is 116 cm³/mol. The maximum absolute atomic E-state index is 13.2. The van der Waals surface area contributed by atoms with E-state index in [9.17, 15) is 19.5 Å². The maximum Gasteiger partial charge on any atom is 0.338 e. The first-order chi connectivity index (χ1) is 14.8. The summed E-state index contributed by atoms with van der Waals surface area (Å²) in [7, 11) is 0. The van der Waals surface area contributed by atoms with Crippen molar-refractivity contribution in [3.05, 3.63) is 29.3 Å². The fraction of sp³-hybridized carbons (Fsp3) is 0.450. The Hall–Kier alpha value is -2.76. The van der Waals surface area contributed by atoms with Crippen molar-refractivity contribution in [2.24, 2.45) is 11.5 Å². The van der Waals surface area contributed by atoms with Gasteiger partial charge < -0.3 is 27.7 Å². The van der Waals surface area contributed by atoms with E-state index in [0.29, 0.717) is 24.4 Å². The number of aliphatic hydroxyl groups is 1. The zero-order valence-electron chi connectivity index (χ0n) is 17.6. The van der Waals surface area contributed by atoms with Crippen LogP contribution in [0, 0.1) is 0 Å². The summed E-state index contributed by atoms with van der Waals surface area (Å²) in [6.07, 6.45) is 0.206. The first-order valence-corrected chi connectivity index (χ1v) is 10.8. The number of rotatable bonds is 8. The molecule has 1 aromatic heterocycles. The molecule has 0 unspecified atom stereocenters. The van der Waals surface area contributed by atoms with Gasteiger partial charge in [0.1, 0.15) is 6.04 Å². The van der Waals surface area contributed by atoms with Gasteiger partial charge in [-0.2, -0.15) is 0 Å². The first-order valence-electron chi connectivity index (χ1n) is 10.0. The second-order valence-corrected chi connectivity index (χ2v) is 8.54. The predicted octanol–water partition coefficient (Wildman–Crippen LogP) is -4.92. The summed E-state index contributed by atoms with van der Waals surface area (Å²) in [5, 5.41) is 13.0. The van der Waals surface area contributed by atoms with Crippen LogP contribution in [0.1, 0.15) is 36.0 Å². The van der Waals surface area contributed by atoms with Crippen LogP contribution in [0.5, 0.6) is 0 Å². The van der Waals surface area contributed by atoms with Crippen molar-refractivity contribution in [2.75, 3.05) is 13.1 Å². The lowest BCUT2D eigenvalue weighted by molar-refractivity contribution is -0.459. The zero-order chi connectivity index (χ0) is 22.5. The standard InChI is InChI=1S/C20H26N6O4S.ClH/c1-11(27)26-10-12(28)9-15(26)18(30)24-14(6-4-8-23-20(21)22)17(29)19-25-13-5-2-3-7-16(13)31-19;/h2-3,5,7,12,14-15,28H,4,6,8-10H2,1H3,(H,24,30)(H4,21,22,23);1H/t12-,14+,15+;/m1./s1. The van der Waals surface area contributed by atoms with E-state index in [1.807, 2.05) is 24.3 Å². The molecule has 1 saturated heterocycles. The lowest BCUT2D eigenvalue weighted by Crippen LogP contribution is -3.00. The van der Waals surface area contributed by atoms with Crippen molar-refractivity contribution in [2.45, 2.75) is 44.4 Å². The van der Waals surface area contributed by atoms with Crippen LogP contribution in [-0.4, -0.2) is 69.8 Å². The van der Waals surface area contributed by atoms with Crippen LogP contribution in [-0.2, 0) is 9.59 Å². The molecule has 7 N–H and O–H groups in total. The number of para-hydroxylation sites is 1. The molecule has 3 atom stereocenters. The van der Waals surface area contributed by atoms with Gasteiger partial charge in [0.2, 0.25) is 17.6 Å². The highest BCUT2D eigenvalue weighted by Gasteiger charge is 2.39. The Morgan fingerprint density at radius 3 is 2.72 bits per heavy atom. The quantitative estimate of drug-likeness (QED) is 0.109. The summed E-state index contributed by atoms with van der Waals surface area (Å²) in [6, 6.07) is 5.77. The van der Waals surface area contributed by atoms with Crippen LogP contribution in [0.3, 0.4) is 0 Å². The number of halogens is 1. The summed E-state index contributed by atoms with van der Waals surface area (Å²) in [5.74, 6) is -0.990. The number of guanidine groups is 1. The number of ketones is 1. The van der Waals surface area contributed by atoms with Gasteiger partial charge in [-0.1, -0.05) is 12.1 Å². The van der Waals surface area contributed by atoms with E-state index in [0.717, 1.165) is 10.2 Å². The third-order valence-electron chi connectivity index (χ3n) is 5.12. The third-order valence-corrected chi connectivity index (χ3v) is 6.17. The summed E-state index contributed by atoms with van der Waals surface area (Å²) in [6.45, 7) is 1.88. The van der Waals surface area contributed by atoms with Gasteiger partial charge in [-0.3, -0.25) is 30.8 Å². The van der Waals surface area contributed by atoms with Gasteiger partial charge in [0.15, 0.2) is 5.01 Å². The Morgan fingerprint density at radius 2 is 2.06 bits per heavy atom. The second-order valence-electron chi connectivity index (χ2n) is 7.51. The van der Waals surface area contributed by atoms with Crippen molar-refractivity contribution >= 4 is 45.1 Å². The number of nitrogens with one attached hydrogen (secondary N) is 2. The molecule has 1 aromatic carbocycles. The highest BCUT2D eigenvalue weighted by atomic mass is 35.5. The van der Waals surface area contributed by atoms with Gasteiger partial charge in [0.25, 0.3) is 0 Å². The van der Waals surface area contributed by atoms with E-state index in [1.54, 1.807) is 0 Å². The molecule has 0 saturated carbocycles. The molecule has 32 heavy (non-hydrogen) atoms. The van der Waals surface area contributed by atoms with Crippen LogP contribution in [0.4, 0.5) is 0 Å². The van der Waals surface area contributed by atoms with Crippen molar-refractivity contribution in [3.63, 3.8) is 0 Å². The van der Waals surface area contributed by atoms with Crippen LogP contribution in [0.2, 0.25) is 0 Å². The number of likely N-dealkylation sites (tertiary alicyclic amines) is 1. The molecule has 2 heterocycles. The number of hydrogen-bond donors (Lipinski definition) is 5. The fourth-order valence-corrected chi connectivity index (χ4v) is 4.57. The number of carbonyl (C=O) groups is 3. The number of nitrogens with zero attached hydrogens (tertiary/aromatic N) is 2. The molecule has 12 heteroatoms. The number of β-amino-alcohol motifs (C(OH)–C–C–N with tert-alkyl or cyclic N) is 1. The van der Waals surface area contributed by atoms with Crippen LogP contribution < -0.4 is 34.2 Å². The van der Waals surface area contributed by atoms with Gasteiger partial charge >= 0.3 is 5.96 Å². The van der Waals surface area contributed by atoms with Gasteiger partial charge in [0, 0.05) is 19.9 Å². The van der Waals surface area contributed by atoms with Gasteiger partial charge in [0.05, 0.1) is 28.9 Å². The van der Waals surface area contributed by atoms with Crippen molar-refractivity contribution < 1.29 is 36.9 Å². The minimum absolute atomic E-state index is 0. The molecular formula is C20H27ClN6O4S. The molecule has 1 fully saturated rings. The Bertz CT molecular complexity index is 976. The van der Waals surface area contributed by atoms with Gasteiger partial charge in [-0.05, 0) is 25.0 Å². The topological polar surface area (TPSA) is 166 Å². The van der Waals surface area contributed by atoms with E-state index >= 15 is 0 Å². The van der Waals surface area contributed by atoms with Gasteiger partial charge in [-0.25, -0.2) is 4.98 Å². The molecule has 0 spiro atoms. The maximum atomic E-state index is 13.2. The minimum atomic E-state index is -0.833. The number of aromatic nitrogens is 1. The highest BCUT2D eigenvalue weighted by molar-refractivity contribution is 7.20. The van der Waals surface area contributed by atoms with E-state index in [1.165, 1.54) is 23.2 Å². The van der Waals surface area contributed by atoms with Crippen LogP contribution in [0.25, 0.3) is 10.2 Å². The Balaban J connectivity index is 0.00000363. The SMILES string of the molecule is CC(=O)N1C[C@H](O)C[C@H]1C(=O)N[C@@H](CCC[NH+]=C(N)N)C(=O)c1nc2ccccc2s1.[Cl-]. The molecular weight excluding hydrogens is 456 g/mol. The van der Waals surface area contributed by atoms with E-state index < -0.39 is 24.1 Å². The van der Waals surface area contributed by atoms with Gasteiger partial charge in [-0.15, -0.1) is 11.3 Å². The highest BCUT2D eigenvalue weighted by Crippen LogP contribution is 2.24. The smallest absolute Gasteiger partial charge is 0.338 e. The average Bonchev–Trinajstić information content (AvgIpc) is 3.33. The fourth-order valence-electron chi connectivity index (χ4n) is 3.61. The van der Waals surface area contributed by atoms with Crippen molar-refractivity contribution in [1.29, 1.82) is 0 Å². The van der Waals surface area contributed by atoms with E-state index in [4.69, 9.17) is 11.5 Å². The van der Waals surface area contributed by atoms with E-state index in [-0.39, 0.29) is 43.0 Å². The summed E-state index contributed by atoms with van der Waals surface area (Å²) < 4.78 is 0.879. The normalized spacial score (nSPS) is 18.6. The number of fused-ring (bicyclic) bond motifs is 1. The van der Waals surface area contributed by atoms with Crippen LogP contribution >= 0.6 is 11.3 Å². The molecule has 1 aliphatic rings. The molecule has 2 amide bonds. The monoisotopic (exact) mass is 482 g/mol. The molecule has 10 nitrogen and oxygen atoms in total. The van der Waals surface area contributed by atoms with E-state index in [2.05, 4.69) is 15.3 Å². The molecule has 3 rings (SSSR count). The number of benzene rings is 1. The number of carbonyl (C=O) groups excluding carboxylic acids is 3. The Kier molecular flexibility index (Phi) is 8.93. The number of nitrogens with two attached hydrogens (primary N) is 2. The number of thiazole rings is 1. The number of amides is 2. The summed E-state index contributed by atoms with van der Waals surface area (Å²) in [4.78, 5) is 46.5. The average molecular weight is 483 g/mol. The van der Waals surface area contributed by atoms with Crippen molar-refractivity contribution in [1.82, 2.24) is 15.2 Å². The lowest BCUT2D eigenvalue weighted by Gasteiger charge is -2.24. The largest absolute Gasteiger partial charge is 1.00 e. The molecule has 174 valence electrons. The summed E-state index contributed by atoms with van der Waals surface area (Å²) >= 11 is 1.27. The molecule has 2 aromatic rings. The summed E-state index contributed by atoms with van der Waals surface area (Å²) in [5.41, 5.74) is 11.5. The van der Waals surface area contributed by atoms with Crippen LogP contribution in [0.15, 0.2) is 24.3 Å². The Labute approximate surface area is 195 Å².